The van der Waals surface area contributed by atoms with E-state index in [4.69, 9.17) is 21.1 Å². The van der Waals surface area contributed by atoms with Crippen LogP contribution in [0, 0.1) is 5.82 Å². The molecule has 0 bridgehead atoms. The average Bonchev–Trinajstić information content (AvgIpc) is 2.70. The van der Waals surface area contributed by atoms with Crippen molar-refractivity contribution in [3.8, 4) is 11.5 Å². The molecule has 1 heterocycles. The Kier molecular flexibility index (Phi) is 6.14. The SMILES string of the molecule is COc1ccc(CN(Cc2ccc(OC)cc2)c2nc(Cl)ccc2F)cc1. The van der Waals surface area contributed by atoms with E-state index in [-0.39, 0.29) is 11.0 Å². The summed E-state index contributed by atoms with van der Waals surface area (Å²) in [6.07, 6.45) is 0. The first-order valence-electron chi connectivity index (χ1n) is 8.42. The van der Waals surface area contributed by atoms with Gasteiger partial charge in [0.05, 0.1) is 14.2 Å². The Hall–Kier alpha value is -2.79. The minimum absolute atomic E-state index is 0.217. The van der Waals surface area contributed by atoms with E-state index in [0.717, 1.165) is 22.6 Å². The lowest BCUT2D eigenvalue weighted by Gasteiger charge is -2.25. The first-order chi connectivity index (χ1) is 13.1. The van der Waals surface area contributed by atoms with Crippen LogP contribution in [0.15, 0.2) is 60.7 Å². The highest BCUT2D eigenvalue weighted by Gasteiger charge is 2.16. The predicted octanol–water partition coefficient (Wildman–Crippen LogP) is 5.10. The Labute approximate surface area is 163 Å². The Balaban J connectivity index is 1.90. The first kappa shape index (κ1) is 19.0. The zero-order valence-corrected chi connectivity index (χ0v) is 15.9. The summed E-state index contributed by atoms with van der Waals surface area (Å²) < 4.78 is 24.9. The Morgan fingerprint density at radius 3 is 1.74 bits per heavy atom. The van der Waals surface area contributed by atoms with Crippen LogP contribution in [0.2, 0.25) is 5.15 Å². The van der Waals surface area contributed by atoms with Crippen LogP contribution in [0.3, 0.4) is 0 Å². The molecular weight excluding hydrogens is 367 g/mol. The lowest BCUT2D eigenvalue weighted by Crippen LogP contribution is -2.24. The maximum absolute atomic E-state index is 14.5. The van der Waals surface area contributed by atoms with Crippen molar-refractivity contribution < 1.29 is 13.9 Å². The molecule has 140 valence electrons. The zero-order chi connectivity index (χ0) is 19.2. The molecule has 0 aliphatic rings. The number of hydrogen-bond acceptors (Lipinski definition) is 4. The fourth-order valence-corrected chi connectivity index (χ4v) is 2.88. The molecule has 0 atom stereocenters. The molecule has 0 spiro atoms. The van der Waals surface area contributed by atoms with E-state index >= 15 is 0 Å². The van der Waals surface area contributed by atoms with Crippen LogP contribution in [-0.2, 0) is 13.1 Å². The number of anilines is 1. The molecule has 1 aromatic heterocycles. The van der Waals surface area contributed by atoms with Gasteiger partial charge in [0.15, 0.2) is 11.6 Å². The van der Waals surface area contributed by atoms with Gasteiger partial charge in [0.1, 0.15) is 16.7 Å². The number of hydrogen-bond donors (Lipinski definition) is 0. The Morgan fingerprint density at radius 1 is 0.815 bits per heavy atom. The zero-order valence-electron chi connectivity index (χ0n) is 15.2. The van der Waals surface area contributed by atoms with Crippen LogP contribution in [0.1, 0.15) is 11.1 Å². The number of benzene rings is 2. The van der Waals surface area contributed by atoms with Gasteiger partial charge >= 0.3 is 0 Å². The minimum Gasteiger partial charge on any atom is -0.497 e. The summed E-state index contributed by atoms with van der Waals surface area (Å²) in [4.78, 5) is 6.05. The highest BCUT2D eigenvalue weighted by atomic mass is 35.5. The van der Waals surface area contributed by atoms with E-state index in [1.54, 1.807) is 14.2 Å². The van der Waals surface area contributed by atoms with Crippen molar-refractivity contribution in [1.82, 2.24) is 4.98 Å². The molecule has 0 saturated carbocycles. The van der Waals surface area contributed by atoms with Crippen LogP contribution in [0.4, 0.5) is 10.2 Å². The predicted molar refractivity (Wildman–Crippen MR) is 105 cm³/mol. The van der Waals surface area contributed by atoms with Crippen molar-refractivity contribution in [2.75, 3.05) is 19.1 Å². The minimum atomic E-state index is -0.415. The average molecular weight is 387 g/mol. The monoisotopic (exact) mass is 386 g/mol. The Bertz CT molecular complexity index is 836. The van der Waals surface area contributed by atoms with E-state index in [2.05, 4.69) is 4.98 Å². The second-order valence-electron chi connectivity index (χ2n) is 5.99. The molecule has 0 unspecified atom stereocenters. The maximum atomic E-state index is 14.5. The summed E-state index contributed by atoms with van der Waals surface area (Å²) in [6.45, 7) is 0.945. The molecule has 27 heavy (non-hydrogen) atoms. The van der Waals surface area contributed by atoms with Gasteiger partial charge in [0.25, 0.3) is 0 Å². The van der Waals surface area contributed by atoms with Gasteiger partial charge in [-0.2, -0.15) is 0 Å². The summed E-state index contributed by atoms with van der Waals surface area (Å²) in [7, 11) is 3.24. The van der Waals surface area contributed by atoms with E-state index in [1.807, 2.05) is 53.4 Å². The third kappa shape index (κ3) is 4.89. The summed E-state index contributed by atoms with van der Waals surface area (Å²) in [5, 5.41) is 0.251. The van der Waals surface area contributed by atoms with Crippen LogP contribution in [-0.4, -0.2) is 19.2 Å². The molecule has 6 heteroatoms. The van der Waals surface area contributed by atoms with Gasteiger partial charge in [-0.1, -0.05) is 35.9 Å². The van der Waals surface area contributed by atoms with Gasteiger partial charge in [-0.15, -0.1) is 0 Å². The molecule has 0 fully saturated rings. The molecule has 0 aliphatic carbocycles. The van der Waals surface area contributed by atoms with Crippen molar-refractivity contribution in [2.24, 2.45) is 0 Å². The van der Waals surface area contributed by atoms with Crippen LogP contribution < -0.4 is 14.4 Å². The molecule has 3 rings (SSSR count). The van der Waals surface area contributed by atoms with Gasteiger partial charge < -0.3 is 14.4 Å². The van der Waals surface area contributed by atoms with Crippen LogP contribution >= 0.6 is 11.6 Å². The molecule has 0 saturated heterocycles. The van der Waals surface area contributed by atoms with Crippen molar-refractivity contribution in [3.63, 3.8) is 0 Å². The van der Waals surface area contributed by atoms with Gasteiger partial charge in [0, 0.05) is 13.1 Å². The third-order valence-electron chi connectivity index (χ3n) is 4.16. The molecule has 0 radical (unpaired) electrons. The molecule has 0 amide bonds. The summed E-state index contributed by atoms with van der Waals surface area (Å²) in [5.41, 5.74) is 2.01. The van der Waals surface area contributed by atoms with E-state index in [1.165, 1.54) is 12.1 Å². The van der Waals surface area contributed by atoms with Crippen molar-refractivity contribution in [3.05, 3.63) is 82.8 Å². The molecule has 2 aromatic carbocycles. The van der Waals surface area contributed by atoms with Gasteiger partial charge in [-0.05, 0) is 47.5 Å². The fraction of sp³-hybridized carbons (Fsp3) is 0.190. The van der Waals surface area contributed by atoms with Gasteiger partial charge in [-0.25, -0.2) is 9.37 Å². The summed E-state index contributed by atoms with van der Waals surface area (Å²) in [5.74, 6) is 1.34. The van der Waals surface area contributed by atoms with E-state index < -0.39 is 5.82 Å². The largest absolute Gasteiger partial charge is 0.497 e. The fourth-order valence-electron chi connectivity index (χ4n) is 2.74. The summed E-state index contributed by atoms with van der Waals surface area (Å²) in [6, 6.07) is 18.1. The molecule has 4 nitrogen and oxygen atoms in total. The van der Waals surface area contributed by atoms with E-state index in [9.17, 15) is 4.39 Å². The maximum Gasteiger partial charge on any atom is 0.167 e. The normalized spacial score (nSPS) is 10.5. The van der Waals surface area contributed by atoms with Gasteiger partial charge in [0.2, 0.25) is 0 Å². The second-order valence-corrected chi connectivity index (χ2v) is 6.38. The lowest BCUT2D eigenvalue weighted by atomic mass is 10.1. The standard InChI is InChI=1S/C21H20ClFN2O2/c1-26-17-7-3-15(4-8-17)13-25(21-19(23)11-12-20(22)24-21)14-16-5-9-18(27-2)10-6-16/h3-12H,13-14H2,1-2H3. The highest BCUT2D eigenvalue weighted by molar-refractivity contribution is 6.29. The topological polar surface area (TPSA) is 34.6 Å². The molecule has 0 N–H and O–H groups in total. The highest BCUT2D eigenvalue weighted by Crippen LogP contribution is 2.25. The number of ether oxygens (including phenoxy) is 2. The lowest BCUT2D eigenvalue weighted by molar-refractivity contribution is 0.414. The van der Waals surface area contributed by atoms with Crippen molar-refractivity contribution in [2.45, 2.75) is 13.1 Å². The number of halogens is 2. The number of aromatic nitrogens is 1. The van der Waals surface area contributed by atoms with Crippen molar-refractivity contribution >= 4 is 17.4 Å². The van der Waals surface area contributed by atoms with Crippen molar-refractivity contribution in [1.29, 1.82) is 0 Å². The Morgan fingerprint density at radius 2 is 1.30 bits per heavy atom. The molecule has 3 aromatic rings. The third-order valence-corrected chi connectivity index (χ3v) is 4.37. The number of pyridine rings is 1. The summed E-state index contributed by atoms with van der Waals surface area (Å²) >= 11 is 6.01. The number of nitrogens with zero attached hydrogens (tertiary/aromatic N) is 2. The van der Waals surface area contributed by atoms with E-state index in [0.29, 0.717) is 13.1 Å². The second kappa shape index (κ2) is 8.73. The van der Waals surface area contributed by atoms with Crippen LogP contribution in [0.5, 0.6) is 11.5 Å². The smallest absolute Gasteiger partial charge is 0.167 e. The number of methoxy groups -OCH3 is 2. The quantitative estimate of drug-likeness (QED) is 0.529. The molecular formula is C21H20ClFN2O2. The van der Waals surface area contributed by atoms with Gasteiger partial charge in [-0.3, -0.25) is 0 Å². The number of rotatable bonds is 7. The molecule has 0 aliphatic heterocycles. The first-order valence-corrected chi connectivity index (χ1v) is 8.79. The van der Waals surface area contributed by atoms with Crippen LogP contribution in [0.25, 0.3) is 0 Å².